The van der Waals surface area contributed by atoms with Gasteiger partial charge in [-0.05, 0) is 24.7 Å². The molecule has 0 heterocycles. The minimum Gasteiger partial charge on any atom is -0.269 e. The maximum absolute atomic E-state index is 5.75. The second kappa shape index (κ2) is 7.24. The van der Waals surface area contributed by atoms with E-state index in [2.05, 4.69) is 13.8 Å². The lowest BCUT2D eigenvalue weighted by Crippen LogP contribution is -2.37. The highest BCUT2D eigenvalue weighted by Gasteiger charge is 2.34. The first-order valence-corrected chi connectivity index (χ1v) is 6.22. The lowest BCUT2D eigenvalue weighted by Gasteiger charge is -2.42. The van der Waals surface area contributed by atoms with E-state index in [-0.39, 0.29) is 0 Å². The third-order valence-electron chi connectivity index (χ3n) is 3.50. The van der Waals surface area contributed by atoms with E-state index >= 15 is 0 Å². The number of hydrazine groups is 1. The summed E-state index contributed by atoms with van der Waals surface area (Å²) < 4.78 is 0. The molecule has 0 aromatic rings. The van der Waals surface area contributed by atoms with Crippen molar-refractivity contribution < 1.29 is 0 Å². The summed E-state index contributed by atoms with van der Waals surface area (Å²) in [7, 11) is 0. The number of hydrogen-bond acceptors (Lipinski definition) is 2. The molecule has 2 N–H and O–H groups in total. The van der Waals surface area contributed by atoms with Crippen LogP contribution in [0, 0.1) is 5.41 Å². The van der Waals surface area contributed by atoms with Crippen LogP contribution in [0.2, 0.25) is 0 Å². The van der Waals surface area contributed by atoms with Crippen LogP contribution in [-0.4, -0.2) is 18.1 Å². The molecule has 0 aliphatic heterocycles. The molecule has 1 aliphatic carbocycles. The minimum absolute atomic E-state index is 0.673. The average Bonchev–Trinajstić information content (AvgIpc) is 2.19. The lowest BCUT2D eigenvalue weighted by molar-refractivity contribution is 0.0927. The quantitative estimate of drug-likeness (QED) is 0.545. The molecular weight excluding hydrogens is 172 g/mol. The normalized spacial score (nSPS) is 18.4. The number of nitrogens with two attached hydrogens (primary N) is 1. The highest BCUT2D eigenvalue weighted by Crippen LogP contribution is 2.46. The van der Waals surface area contributed by atoms with E-state index in [0.717, 1.165) is 13.1 Å². The van der Waals surface area contributed by atoms with Gasteiger partial charge in [0, 0.05) is 13.1 Å². The predicted octanol–water partition coefficient (Wildman–Crippen LogP) is 3.18. The van der Waals surface area contributed by atoms with Crippen molar-refractivity contribution in [2.75, 3.05) is 13.1 Å². The molecule has 1 rings (SSSR count). The van der Waals surface area contributed by atoms with Crippen molar-refractivity contribution in [2.45, 2.75) is 59.8 Å². The molecule has 1 aliphatic rings. The van der Waals surface area contributed by atoms with Crippen LogP contribution in [0.4, 0.5) is 0 Å². The molecule has 14 heavy (non-hydrogen) atoms. The second-order valence-corrected chi connectivity index (χ2v) is 4.09. The van der Waals surface area contributed by atoms with Gasteiger partial charge in [-0.2, -0.15) is 0 Å². The minimum atomic E-state index is 0.673. The molecule has 0 saturated heterocycles. The average molecular weight is 200 g/mol. The Morgan fingerprint density at radius 1 is 1.21 bits per heavy atom. The smallest absolute Gasteiger partial charge is 0.0133 e. The van der Waals surface area contributed by atoms with Crippen molar-refractivity contribution in [1.82, 2.24) is 5.01 Å². The van der Waals surface area contributed by atoms with Crippen molar-refractivity contribution in [2.24, 2.45) is 11.3 Å². The molecule has 0 radical (unpaired) electrons. The van der Waals surface area contributed by atoms with Crippen molar-refractivity contribution in [3.8, 4) is 0 Å². The Kier molecular flexibility index (Phi) is 7.20. The van der Waals surface area contributed by atoms with Crippen molar-refractivity contribution in [3.63, 3.8) is 0 Å². The van der Waals surface area contributed by atoms with Crippen LogP contribution in [0.15, 0.2) is 0 Å². The van der Waals surface area contributed by atoms with Crippen molar-refractivity contribution >= 4 is 0 Å². The zero-order valence-electron chi connectivity index (χ0n) is 10.5. The van der Waals surface area contributed by atoms with E-state index in [1.165, 1.54) is 32.1 Å². The first kappa shape index (κ1) is 13.9. The maximum Gasteiger partial charge on any atom is 0.0133 e. The van der Waals surface area contributed by atoms with E-state index in [0.29, 0.717) is 5.41 Å². The van der Waals surface area contributed by atoms with Gasteiger partial charge in [-0.15, -0.1) is 0 Å². The van der Waals surface area contributed by atoms with Crippen LogP contribution in [0.5, 0.6) is 0 Å². The number of nitrogens with zero attached hydrogens (tertiary/aromatic N) is 1. The van der Waals surface area contributed by atoms with Gasteiger partial charge in [-0.3, -0.25) is 5.84 Å². The van der Waals surface area contributed by atoms with Gasteiger partial charge in [-0.25, -0.2) is 5.01 Å². The Labute approximate surface area is 89.8 Å². The zero-order chi connectivity index (χ0) is 11.0. The Morgan fingerprint density at radius 3 is 2.07 bits per heavy atom. The Hall–Kier alpha value is -0.0800. The summed E-state index contributed by atoms with van der Waals surface area (Å²) in [5, 5.41) is 1.93. The van der Waals surface area contributed by atoms with Gasteiger partial charge in [0.2, 0.25) is 0 Å². The molecule has 1 fully saturated rings. The third kappa shape index (κ3) is 3.97. The van der Waals surface area contributed by atoms with Crippen LogP contribution in [0.3, 0.4) is 0 Å². The summed E-state index contributed by atoms with van der Waals surface area (Å²) in [5.74, 6) is 5.75. The van der Waals surface area contributed by atoms with E-state index in [4.69, 9.17) is 5.84 Å². The predicted molar refractivity (Wildman–Crippen MR) is 64.0 cm³/mol. The van der Waals surface area contributed by atoms with Gasteiger partial charge in [0.15, 0.2) is 0 Å². The molecule has 0 aromatic carbocycles. The van der Waals surface area contributed by atoms with Gasteiger partial charge in [0.05, 0.1) is 0 Å². The molecule has 0 atom stereocenters. The summed E-state index contributed by atoms with van der Waals surface area (Å²) in [6, 6.07) is 0. The standard InChI is InChI=1S/C10H22N2.C2H6/c1-3-10(6-5-7-10)8-9-12(11)4-2;1-2/h3-9,11H2,1-2H3;1-2H3. The summed E-state index contributed by atoms with van der Waals surface area (Å²) in [6.07, 6.45) is 6.94. The van der Waals surface area contributed by atoms with Crippen LogP contribution in [0.1, 0.15) is 59.8 Å². The molecule has 0 unspecified atom stereocenters. The molecule has 86 valence electrons. The van der Waals surface area contributed by atoms with E-state index in [1.54, 1.807) is 0 Å². The largest absolute Gasteiger partial charge is 0.269 e. The summed E-state index contributed by atoms with van der Waals surface area (Å²) in [4.78, 5) is 0. The first-order valence-electron chi connectivity index (χ1n) is 6.22. The molecule has 0 spiro atoms. The van der Waals surface area contributed by atoms with E-state index in [9.17, 15) is 0 Å². The number of rotatable bonds is 5. The van der Waals surface area contributed by atoms with Crippen molar-refractivity contribution in [1.29, 1.82) is 0 Å². The molecule has 2 nitrogen and oxygen atoms in total. The van der Waals surface area contributed by atoms with E-state index < -0.39 is 0 Å². The van der Waals surface area contributed by atoms with Gasteiger partial charge in [-0.1, -0.05) is 40.5 Å². The molecule has 1 saturated carbocycles. The van der Waals surface area contributed by atoms with Gasteiger partial charge < -0.3 is 0 Å². The highest BCUT2D eigenvalue weighted by atomic mass is 15.4. The summed E-state index contributed by atoms with van der Waals surface area (Å²) in [5.41, 5.74) is 0.673. The summed E-state index contributed by atoms with van der Waals surface area (Å²) in [6.45, 7) is 10.5. The highest BCUT2D eigenvalue weighted by molar-refractivity contribution is 4.86. The zero-order valence-corrected chi connectivity index (χ0v) is 10.5. The fourth-order valence-corrected chi connectivity index (χ4v) is 2.00. The fourth-order valence-electron chi connectivity index (χ4n) is 2.00. The Balaban J connectivity index is 0.000000791. The van der Waals surface area contributed by atoms with Gasteiger partial charge >= 0.3 is 0 Å². The van der Waals surface area contributed by atoms with Gasteiger partial charge in [0.1, 0.15) is 0 Å². The van der Waals surface area contributed by atoms with Crippen LogP contribution in [0.25, 0.3) is 0 Å². The molecular formula is C12H28N2. The lowest BCUT2D eigenvalue weighted by atomic mass is 9.65. The van der Waals surface area contributed by atoms with Crippen LogP contribution in [-0.2, 0) is 0 Å². The first-order chi connectivity index (χ1) is 6.72. The fraction of sp³-hybridized carbons (Fsp3) is 1.00. The monoisotopic (exact) mass is 200 g/mol. The third-order valence-corrected chi connectivity index (χ3v) is 3.50. The molecule has 0 amide bonds. The second-order valence-electron chi connectivity index (χ2n) is 4.09. The Morgan fingerprint density at radius 2 is 1.79 bits per heavy atom. The number of hydrogen-bond donors (Lipinski definition) is 1. The molecule has 0 bridgehead atoms. The van der Waals surface area contributed by atoms with Crippen LogP contribution >= 0.6 is 0 Å². The van der Waals surface area contributed by atoms with E-state index in [1.807, 2.05) is 18.9 Å². The van der Waals surface area contributed by atoms with Gasteiger partial charge in [0.25, 0.3) is 0 Å². The maximum atomic E-state index is 5.75. The summed E-state index contributed by atoms with van der Waals surface area (Å²) >= 11 is 0. The van der Waals surface area contributed by atoms with Crippen molar-refractivity contribution in [3.05, 3.63) is 0 Å². The van der Waals surface area contributed by atoms with Crippen LogP contribution < -0.4 is 5.84 Å². The molecule has 2 heteroatoms. The molecule has 0 aromatic heterocycles. The topological polar surface area (TPSA) is 29.3 Å². The Bertz CT molecular complexity index is 125. The SMILES string of the molecule is CC.CCN(N)CCC1(CC)CCC1.